The molecule has 10 nitrogen and oxygen atoms in total. The van der Waals surface area contributed by atoms with E-state index in [2.05, 4.69) is 48.9 Å². The van der Waals surface area contributed by atoms with Gasteiger partial charge < -0.3 is 28.9 Å². The van der Waals surface area contributed by atoms with Crippen molar-refractivity contribution in [3.8, 4) is 22.9 Å². The number of amides is 2. The van der Waals surface area contributed by atoms with Crippen LogP contribution in [0, 0.1) is 0 Å². The average Bonchev–Trinajstić information content (AvgIpc) is 3.87. The number of hydrogen-bond acceptors (Lipinski definition) is 7. The Balaban J connectivity index is 0.00000484. The van der Waals surface area contributed by atoms with Crippen molar-refractivity contribution in [1.29, 1.82) is 0 Å². The molecule has 9 rings (SSSR count). The van der Waals surface area contributed by atoms with Gasteiger partial charge in [0.2, 0.25) is 6.79 Å². The first kappa shape index (κ1) is 40.3. The quantitative estimate of drug-likeness (QED) is 0.164. The van der Waals surface area contributed by atoms with Gasteiger partial charge in [-0.1, -0.05) is 80.0 Å². The minimum atomic E-state index is -0.303. The number of para-hydroxylation sites is 1. The van der Waals surface area contributed by atoms with Gasteiger partial charge in [0.05, 0.1) is 33.0 Å². The largest absolute Gasteiger partial charge is 0.506 e. The van der Waals surface area contributed by atoms with Crippen LogP contribution in [0.4, 0.5) is 11.4 Å². The number of hydrogen-bond donors (Lipinski definition) is 1. The number of rotatable bonds is 8. The number of carbonyl (C=O) groups is 2. The predicted molar refractivity (Wildman–Crippen MR) is 235 cm³/mol. The number of ether oxygens (including phenoxy) is 2. The van der Waals surface area contributed by atoms with E-state index in [-0.39, 0.29) is 47.8 Å². The Hall–Kier alpha value is -5.52. The number of aromatic hydroxyl groups is 1. The number of phenolic OH excluding ortho intramolecular Hbond substituents is 1. The molecule has 0 bridgehead atoms. The molecule has 12 heteroatoms. The summed E-state index contributed by atoms with van der Waals surface area (Å²) < 4.78 is 13.7. The van der Waals surface area contributed by atoms with E-state index in [0.29, 0.717) is 57.5 Å². The van der Waals surface area contributed by atoms with Gasteiger partial charge in [0.15, 0.2) is 11.5 Å². The average molecular weight is 833 g/mol. The van der Waals surface area contributed by atoms with Crippen LogP contribution in [0.15, 0.2) is 109 Å². The Bertz CT molecular complexity index is 2530. The van der Waals surface area contributed by atoms with E-state index in [1.807, 2.05) is 76.3 Å². The molecule has 1 aromatic heterocycles. The highest BCUT2D eigenvalue weighted by atomic mass is 35.5. The molecule has 0 spiro atoms. The first-order valence-corrected chi connectivity index (χ1v) is 20.3. The summed E-state index contributed by atoms with van der Waals surface area (Å²) in [6.07, 6.45) is 2.57. The number of phenols is 1. The molecule has 3 aliphatic rings. The molecule has 0 saturated carbocycles. The third-order valence-electron chi connectivity index (χ3n) is 11.8. The third kappa shape index (κ3) is 7.74. The van der Waals surface area contributed by atoms with Crippen molar-refractivity contribution in [2.45, 2.75) is 38.8 Å². The number of halogens is 2. The Morgan fingerprint density at radius 1 is 0.831 bits per heavy atom. The van der Waals surface area contributed by atoms with Crippen molar-refractivity contribution in [1.82, 2.24) is 19.3 Å². The van der Waals surface area contributed by atoms with E-state index in [0.717, 1.165) is 55.8 Å². The smallest absolute Gasteiger partial charge is 0.265 e. The van der Waals surface area contributed by atoms with E-state index in [1.54, 1.807) is 23.1 Å². The van der Waals surface area contributed by atoms with Gasteiger partial charge in [0.1, 0.15) is 5.75 Å². The van der Waals surface area contributed by atoms with E-state index in [9.17, 15) is 5.11 Å². The molecule has 2 amide bonds. The zero-order chi connectivity index (χ0) is 40.1. The van der Waals surface area contributed by atoms with E-state index >= 15 is 9.59 Å². The van der Waals surface area contributed by atoms with Gasteiger partial charge in [-0.2, -0.15) is 0 Å². The van der Waals surface area contributed by atoms with Crippen LogP contribution < -0.4 is 14.4 Å². The maximum absolute atomic E-state index is 15.3. The van der Waals surface area contributed by atoms with Crippen LogP contribution in [-0.4, -0.2) is 88.8 Å². The lowest BCUT2D eigenvalue weighted by Crippen LogP contribution is -2.53. The highest BCUT2D eigenvalue weighted by molar-refractivity contribution is 6.32. The molecular weight excluding hydrogens is 785 g/mol. The van der Waals surface area contributed by atoms with Crippen LogP contribution in [0.5, 0.6) is 17.2 Å². The van der Waals surface area contributed by atoms with Gasteiger partial charge in [-0.15, -0.1) is 12.4 Å². The first-order chi connectivity index (χ1) is 28.1. The summed E-state index contributed by atoms with van der Waals surface area (Å²) in [7, 11) is 2.15. The lowest BCUT2D eigenvalue weighted by Gasteiger charge is -2.41. The fourth-order valence-corrected chi connectivity index (χ4v) is 8.64. The number of aromatic nitrogens is 1. The van der Waals surface area contributed by atoms with Crippen LogP contribution in [-0.2, 0) is 13.0 Å². The van der Waals surface area contributed by atoms with Crippen LogP contribution in [0.1, 0.15) is 57.2 Å². The Kier molecular flexibility index (Phi) is 11.3. The lowest BCUT2D eigenvalue weighted by atomic mass is 9.92. The van der Waals surface area contributed by atoms with Crippen molar-refractivity contribution in [3.05, 3.63) is 142 Å². The van der Waals surface area contributed by atoms with Crippen LogP contribution in [0.2, 0.25) is 5.02 Å². The molecule has 304 valence electrons. The zero-order valence-corrected chi connectivity index (χ0v) is 34.9. The summed E-state index contributed by atoms with van der Waals surface area (Å²) in [5.41, 5.74) is 6.90. The number of benzene rings is 5. The van der Waals surface area contributed by atoms with Crippen LogP contribution in [0.3, 0.4) is 0 Å². The summed E-state index contributed by atoms with van der Waals surface area (Å²) in [6, 6.07) is 32.4. The van der Waals surface area contributed by atoms with Crippen molar-refractivity contribution < 1.29 is 24.2 Å². The van der Waals surface area contributed by atoms with E-state index < -0.39 is 0 Å². The SMILES string of the molecule is CC(C)c1ccc(N(C(=O)c2cn(-c3cc4c(cc3C(=O)N3Cc5ccccc5C[C@H]3CN3CCN(C)CC3)OCO4)c3ccccc23)c2ccc(O)c(Cl)c2)cc1.Cl. The fraction of sp³-hybridized carbons (Fsp3) is 0.277. The first-order valence-electron chi connectivity index (χ1n) is 19.9. The highest BCUT2D eigenvalue weighted by Crippen LogP contribution is 2.41. The van der Waals surface area contributed by atoms with Crippen molar-refractivity contribution in [2.24, 2.45) is 0 Å². The minimum Gasteiger partial charge on any atom is -0.506 e. The molecule has 5 aromatic carbocycles. The Morgan fingerprint density at radius 2 is 1.51 bits per heavy atom. The number of nitrogens with zero attached hydrogens (tertiary/aromatic N) is 5. The molecule has 0 aliphatic carbocycles. The predicted octanol–water partition coefficient (Wildman–Crippen LogP) is 9.06. The summed E-state index contributed by atoms with van der Waals surface area (Å²) >= 11 is 6.44. The van der Waals surface area contributed by atoms with Gasteiger partial charge in [0, 0.05) is 68.6 Å². The second kappa shape index (κ2) is 16.6. The van der Waals surface area contributed by atoms with Crippen molar-refractivity contribution in [2.75, 3.05) is 51.5 Å². The molecule has 1 atom stereocenters. The molecule has 1 N–H and O–H groups in total. The summed E-state index contributed by atoms with van der Waals surface area (Å²) in [5, 5.41) is 11.2. The summed E-state index contributed by atoms with van der Waals surface area (Å²) in [5.74, 6) is 0.849. The molecule has 1 saturated heterocycles. The standard InChI is InChI=1S/C47H46ClN5O5.ClH/c1-30(2)31-12-14-34(15-13-31)53(35-16-17-43(54)40(48)23-35)47(56)39-28-52(41-11-7-6-10-37(39)41)42-25-45-44(57-29-58-45)24-38(42)46(55)51-26-33-9-5-4-8-32(33)22-36(51)27-50-20-18-49(3)19-21-50;/h4-17,23-25,28,30,36,54H,18-22,26-27,29H2,1-3H3;1H/t36-;/m0./s1. The van der Waals surface area contributed by atoms with E-state index in [4.69, 9.17) is 21.1 Å². The molecule has 3 aliphatic heterocycles. The topological polar surface area (TPSA) is 90.7 Å². The van der Waals surface area contributed by atoms with Crippen LogP contribution in [0.25, 0.3) is 16.6 Å². The van der Waals surface area contributed by atoms with Gasteiger partial charge in [-0.3, -0.25) is 19.4 Å². The van der Waals surface area contributed by atoms with Crippen molar-refractivity contribution >= 4 is 58.1 Å². The van der Waals surface area contributed by atoms with E-state index in [1.165, 1.54) is 11.6 Å². The summed E-state index contributed by atoms with van der Waals surface area (Å²) in [6.45, 7) is 9.44. The molecule has 0 radical (unpaired) electrons. The molecule has 6 aromatic rings. The fourth-order valence-electron chi connectivity index (χ4n) is 8.47. The third-order valence-corrected chi connectivity index (χ3v) is 12.1. The number of anilines is 2. The molecule has 1 fully saturated rings. The van der Waals surface area contributed by atoms with Crippen LogP contribution >= 0.6 is 24.0 Å². The van der Waals surface area contributed by atoms with Crippen molar-refractivity contribution in [3.63, 3.8) is 0 Å². The number of carbonyl (C=O) groups excluding carboxylic acids is 2. The monoisotopic (exact) mass is 831 g/mol. The number of likely N-dealkylation sites (N-methyl/N-ethyl adjacent to an activating group) is 1. The maximum atomic E-state index is 15.3. The number of fused-ring (bicyclic) bond motifs is 3. The maximum Gasteiger partial charge on any atom is 0.265 e. The minimum absolute atomic E-state index is 0. The second-order valence-corrected chi connectivity index (χ2v) is 16.2. The Morgan fingerprint density at radius 3 is 2.24 bits per heavy atom. The molecule has 59 heavy (non-hydrogen) atoms. The molecule has 4 heterocycles. The number of piperazine rings is 1. The highest BCUT2D eigenvalue weighted by Gasteiger charge is 2.35. The molecular formula is C47H47Cl2N5O5. The van der Waals surface area contributed by atoms with Gasteiger partial charge in [-0.05, 0) is 78.5 Å². The van der Waals surface area contributed by atoms with Gasteiger partial charge >= 0.3 is 0 Å². The normalized spacial score (nSPS) is 16.6. The summed E-state index contributed by atoms with van der Waals surface area (Å²) in [4.78, 5) is 38.9. The van der Waals surface area contributed by atoms with Gasteiger partial charge in [-0.25, -0.2) is 0 Å². The zero-order valence-electron chi connectivity index (χ0n) is 33.3. The van der Waals surface area contributed by atoms with Gasteiger partial charge in [0.25, 0.3) is 11.8 Å². The lowest BCUT2D eigenvalue weighted by molar-refractivity contribution is 0.0535. The molecule has 0 unspecified atom stereocenters. The second-order valence-electron chi connectivity index (χ2n) is 15.8. The Labute approximate surface area is 355 Å².